The summed E-state index contributed by atoms with van der Waals surface area (Å²) in [6.45, 7) is 8.04. The Hall–Kier alpha value is -0.610. The van der Waals surface area contributed by atoms with Gasteiger partial charge in [-0.2, -0.15) is 0 Å². The van der Waals surface area contributed by atoms with Gasteiger partial charge in [0.05, 0.1) is 12.1 Å². The molecule has 0 aromatic heterocycles. The summed E-state index contributed by atoms with van der Waals surface area (Å²) >= 11 is 0. The molecule has 0 bridgehead atoms. The van der Waals surface area contributed by atoms with Gasteiger partial charge in [-0.1, -0.05) is 34.1 Å². The smallest absolute Gasteiger partial charge is 0.237 e. The fourth-order valence-electron chi connectivity index (χ4n) is 1.07. The van der Waals surface area contributed by atoms with Crippen LogP contribution in [0.15, 0.2) is 0 Å². The molecular weight excluding hydrogens is 192 g/mol. The van der Waals surface area contributed by atoms with Crippen LogP contribution in [0.4, 0.5) is 0 Å². The highest BCUT2D eigenvalue weighted by Gasteiger charge is 2.20. The molecule has 0 saturated carbocycles. The monoisotopic (exact) mass is 216 g/mol. The summed E-state index contributed by atoms with van der Waals surface area (Å²) in [6.07, 6.45) is 0.375. The summed E-state index contributed by atoms with van der Waals surface area (Å²) in [4.78, 5) is 11.5. The Bertz CT molecular complexity index is 195. The molecule has 0 aromatic rings. The second-order valence-corrected chi connectivity index (χ2v) is 4.47. The number of carbonyl (C=O) groups is 1. The molecule has 4 heteroatoms. The van der Waals surface area contributed by atoms with Crippen molar-refractivity contribution in [2.45, 2.75) is 46.3 Å². The largest absolute Gasteiger partial charge is 0.391 e. The zero-order chi connectivity index (χ0) is 12.0. The molecule has 0 radical (unpaired) electrons. The lowest BCUT2D eigenvalue weighted by Crippen LogP contribution is -2.47. The Morgan fingerprint density at radius 1 is 1.40 bits per heavy atom. The zero-order valence-corrected chi connectivity index (χ0v) is 10.2. The minimum Gasteiger partial charge on any atom is -0.391 e. The van der Waals surface area contributed by atoms with Gasteiger partial charge >= 0.3 is 0 Å². The Labute approximate surface area is 92.2 Å². The van der Waals surface area contributed by atoms with E-state index in [4.69, 9.17) is 5.73 Å². The van der Waals surface area contributed by atoms with Gasteiger partial charge in [0.25, 0.3) is 0 Å². The van der Waals surface area contributed by atoms with E-state index < -0.39 is 12.1 Å². The minimum atomic E-state index is -0.502. The number of nitrogens with two attached hydrogens (primary N) is 1. The van der Waals surface area contributed by atoms with Crippen LogP contribution in [0.1, 0.15) is 34.1 Å². The second kappa shape index (κ2) is 6.80. The number of hydrogen-bond acceptors (Lipinski definition) is 3. The van der Waals surface area contributed by atoms with Crippen molar-refractivity contribution in [2.75, 3.05) is 6.54 Å². The highest BCUT2D eigenvalue weighted by molar-refractivity contribution is 5.81. The number of rotatable bonds is 6. The molecule has 0 aliphatic carbocycles. The van der Waals surface area contributed by atoms with E-state index in [-0.39, 0.29) is 24.3 Å². The fourth-order valence-corrected chi connectivity index (χ4v) is 1.07. The molecule has 90 valence electrons. The lowest BCUT2D eigenvalue weighted by atomic mass is 9.99. The molecule has 1 amide bonds. The van der Waals surface area contributed by atoms with Gasteiger partial charge in [-0.3, -0.25) is 4.79 Å². The molecule has 0 spiro atoms. The second-order valence-electron chi connectivity index (χ2n) is 4.47. The van der Waals surface area contributed by atoms with E-state index in [2.05, 4.69) is 5.32 Å². The number of carbonyl (C=O) groups excluding carboxylic acids is 1. The van der Waals surface area contributed by atoms with Crippen LogP contribution in [0.2, 0.25) is 0 Å². The molecule has 0 aromatic carbocycles. The Morgan fingerprint density at radius 2 is 1.93 bits per heavy atom. The van der Waals surface area contributed by atoms with Gasteiger partial charge in [0.1, 0.15) is 0 Å². The normalized spacial score (nSPS) is 17.3. The first-order valence-electron chi connectivity index (χ1n) is 5.61. The van der Waals surface area contributed by atoms with Crippen molar-refractivity contribution in [3.05, 3.63) is 0 Å². The molecule has 0 fully saturated rings. The highest BCUT2D eigenvalue weighted by Crippen LogP contribution is 2.05. The molecule has 4 N–H and O–H groups in total. The maximum atomic E-state index is 11.5. The van der Waals surface area contributed by atoms with E-state index in [1.165, 1.54) is 0 Å². The van der Waals surface area contributed by atoms with Crippen LogP contribution in [0, 0.1) is 11.8 Å². The van der Waals surface area contributed by atoms with Crippen molar-refractivity contribution in [1.82, 2.24) is 5.32 Å². The van der Waals surface area contributed by atoms with Crippen LogP contribution < -0.4 is 11.1 Å². The van der Waals surface area contributed by atoms with Gasteiger partial charge in [0.2, 0.25) is 5.91 Å². The Morgan fingerprint density at radius 3 is 2.33 bits per heavy atom. The van der Waals surface area contributed by atoms with E-state index in [0.717, 1.165) is 6.42 Å². The zero-order valence-electron chi connectivity index (χ0n) is 10.2. The standard InChI is InChI=1S/C11H24N2O2/c1-5-8(4)10(12)11(15)13-6-9(14)7(2)3/h7-10,14H,5-6,12H2,1-4H3,(H,13,15). The van der Waals surface area contributed by atoms with Crippen molar-refractivity contribution < 1.29 is 9.90 Å². The summed E-state index contributed by atoms with van der Waals surface area (Å²) in [6, 6.07) is -0.477. The average Bonchev–Trinajstić information content (AvgIpc) is 2.22. The van der Waals surface area contributed by atoms with Crippen LogP contribution >= 0.6 is 0 Å². The molecule has 3 unspecified atom stereocenters. The summed E-state index contributed by atoms with van der Waals surface area (Å²) in [5, 5.41) is 12.2. The van der Waals surface area contributed by atoms with E-state index >= 15 is 0 Å². The molecule has 0 saturated heterocycles. The van der Waals surface area contributed by atoms with Crippen molar-refractivity contribution in [3.63, 3.8) is 0 Å². The lowest BCUT2D eigenvalue weighted by molar-refractivity contribution is -0.124. The summed E-state index contributed by atoms with van der Waals surface area (Å²) in [7, 11) is 0. The number of aliphatic hydroxyl groups is 1. The van der Waals surface area contributed by atoms with Gasteiger partial charge in [0.15, 0.2) is 0 Å². The molecule has 0 heterocycles. The topological polar surface area (TPSA) is 75.4 Å². The number of aliphatic hydroxyl groups excluding tert-OH is 1. The van der Waals surface area contributed by atoms with E-state index in [1.807, 2.05) is 27.7 Å². The van der Waals surface area contributed by atoms with Crippen LogP contribution in [-0.4, -0.2) is 29.7 Å². The molecule has 15 heavy (non-hydrogen) atoms. The van der Waals surface area contributed by atoms with Crippen molar-refractivity contribution in [2.24, 2.45) is 17.6 Å². The molecule has 0 rings (SSSR count). The van der Waals surface area contributed by atoms with Gasteiger partial charge in [-0.25, -0.2) is 0 Å². The van der Waals surface area contributed by atoms with Crippen molar-refractivity contribution >= 4 is 5.91 Å². The predicted octanol–water partition coefficient (Wildman–Crippen LogP) is 0.493. The minimum absolute atomic E-state index is 0.144. The Balaban J connectivity index is 3.93. The maximum Gasteiger partial charge on any atom is 0.237 e. The molecular formula is C11H24N2O2. The third kappa shape index (κ3) is 5.14. The van der Waals surface area contributed by atoms with Gasteiger partial charge < -0.3 is 16.2 Å². The molecule has 4 nitrogen and oxygen atoms in total. The van der Waals surface area contributed by atoms with Crippen molar-refractivity contribution in [1.29, 1.82) is 0 Å². The predicted molar refractivity (Wildman–Crippen MR) is 61.3 cm³/mol. The Kier molecular flexibility index (Phi) is 6.52. The lowest BCUT2D eigenvalue weighted by Gasteiger charge is -2.20. The van der Waals surface area contributed by atoms with E-state index in [1.54, 1.807) is 0 Å². The first kappa shape index (κ1) is 14.4. The summed E-state index contributed by atoms with van der Waals surface area (Å²) < 4.78 is 0. The first-order valence-corrected chi connectivity index (χ1v) is 5.61. The maximum absolute atomic E-state index is 11.5. The number of amides is 1. The van der Waals surface area contributed by atoms with Gasteiger partial charge in [-0.05, 0) is 11.8 Å². The summed E-state index contributed by atoms with van der Waals surface area (Å²) in [5.41, 5.74) is 5.74. The fraction of sp³-hybridized carbons (Fsp3) is 0.909. The van der Waals surface area contributed by atoms with Crippen LogP contribution in [0.3, 0.4) is 0 Å². The SMILES string of the molecule is CCC(C)C(N)C(=O)NCC(O)C(C)C. The van der Waals surface area contributed by atoms with E-state index in [0.29, 0.717) is 0 Å². The van der Waals surface area contributed by atoms with Gasteiger partial charge in [-0.15, -0.1) is 0 Å². The quantitative estimate of drug-likeness (QED) is 0.605. The number of nitrogens with one attached hydrogen (secondary N) is 1. The highest BCUT2D eigenvalue weighted by atomic mass is 16.3. The number of hydrogen-bond donors (Lipinski definition) is 3. The van der Waals surface area contributed by atoms with Crippen LogP contribution in [0.5, 0.6) is 0 Å². The van der Waals surface area contributed by atoms with Crippen molar-refractivity contribution in [3.8, 4) is 0 Å². The third-order valence-electron chi connectivity index (χ3n) is 2.81. The molecule has 0 aliphatic rings. The van der Waals surface area contributed by atoms with Crippen LogP contribution in [0.25, 0.3) is 0 Å². The molecule has 0 aliphatic heterocycles. The van der Waals surface area contributed by atoms with Crippen LogP contribution in [-0.2, 0) is 4.79 Å². The average molecular weight is 216 g/mol. The first-order chi connectivity index (χ1) is 6.90. The third-order valence-corrected chi connectivity index (χ3v) is 2.81. The van der Waals surface area contributed by atoms with Gasteiger partial charge in [0, 0.05) is 6.54 Å². The van der Waals surface area contributed by atoms with E-state index in [9.17, 15) is 9.90 Å². The summed E-state index contributed by atoms with van der Waals surface area (Å²) in [5.74, 6) is 0.135. The molecule has 3 atom stereocenters.